The maximum Gasteiger partial charge on any atom is 0.408 e. The normalized spacial score (nSPS) is 34.4. The smallest absolute Gasteiger partial charge is 0.408 e. The second kappa shape index (κ2) is 7.85. The molecule has 3 atom stereocenters. The average Bonchev–Trinajstić information content (AvgIpc) is 2.51. The molecule has 160 valence electrons. The number of hydrogen-bond acceptors (Lipinski definition) is 5. The molecular weight excluding hydrogens is 358 g/mol. The molecule has 0 spiro atoms. The summed E-state index contributed by atoms with van der Waals surface area (Å²) < 4.78 is 16.9. The summed E-state index contributed by atoms with van der Waals surface area (Å²) in [6, 6.07) is -0.772. The molecule has 4 aliphatic rings. The fourth-order valence-corrected chi connectivity index (χ4v) is 6.36. The highest BCUT2D eigenvalue weighted by atomic mass is 16.6. The van der Waals surface area contributed by atoms with Gasteiger partial charge in [0.2, 0.25) is 0 Å². The molecule has 0 heterocycles. The summed E-state index contributed by atoms with van der Waals surface area (Å²) in [4.78, 5) is 24.5. The summed E-state index contributed by atoms with van der Waals surface area (Å²) in [5.41, 5.74) is -0.480. The molecule has 4 saturated carbocycles. The zero-order chi connectivity index (χ0) is 20.7. The van der Waals surface area contributed by atoms with E-state index in [9.17, 15) is 9.59 Å². The minimum absolute atomic E-state index is 0.0985. The molecule has 1 amide bonds. The number of amides is 1. The van der Waals surface area contributed by atoms with Crippen molar-refractivity contribution in [2.45, 2.75) is 97.0 Å². The molecule has 4 aliphatic carbocycles. The van der Waals surface area contributed by atoms with Crippen LogP contribution in [0.4, 0.5) is 4.79 Å². The molecule has 6 heteroatoms. The first-order chi connectivity index (χ1) is 13.0. The Balaban J connectivity index is 1.59. The van der Waals surface area contributed by atoms with Gasteiger partial charge in [0, 0.05) is 12.5 Å². The van der Waals surface area contributed by atoms with E-state index in [0.29, 0.717) is 0 Å². The van der Waals surface area contributed by atoms with Gasteiger partial charge in [-0.25, -0.2) is 9.59 Å². The lowest BCUT2D eigenvalue weighted by Crippen LogP contribution is -2.56. The van der Waals surface area contributed by atoms with Crippen molar-refractivity contribution in [2.75, 3.05) is 7.11 Å². The SMILES string of the molecule is CO[C@H]([C@H](C)OC(=O)[C@H](C)NC(=O)OC(C)(C)C)C12CC3CC(CC(C3)C1)C2. The molecule has 6 nitrogen and oxygen atoms in total. The zero-order valence-corrected chi connectivity index (χ0v) is 18.2. The van der Waals surface area contributed by atoms with Crippen LogP contribution < -0.4 is 5.32 Å². The Bertz CT molecular complexity index is 561. The first-order valence-corrected chi connectivity index (χ1v) is 10.7. The molecule has 0 radical (unpaired) electrons. The van der Waals surface area contributed by atoms with Gasteiger partial charge in [-0.1, -0.05) is 0 Å². The van der Waals surface area contributed by atoms with Gasteiger partial charge in [-0.3, -0.25) is 0 Å². The first-order valence-electron chi connectivity index (χ1n) is 10.7. The van der Waals surface area contributed by atoms with Crippen LogP contribution in [0.5, 0.6) is 0 Å². The van der Waals surface area contributed by atoms with Gasteiger partial charge in [-0.15, -0.1) is 0 Å². The Morgan fingerprint density at radius 1 is 1.00 bits per heavy atom. The number of esters is 1. The molecule has 0 saturated heterocycles. The van der Waals surface area contributed by atoms with Crippen LogP contribution in [-0.2, 0) is 19.0 Å². The topological polar surface area (TPSA) is 73.9 Å². The van der Waals surface area contributed by atoms with Crippen LogP contribution in [0.2, 0.25) is 0 Å². The second-order valence-corrected chi connectivity index (χ2v) is 10.4. The van der Waals surface area contributed by atoms with Crippen LogP contribution in [0.1, 0.15) is 73.1 Å². The third kappa shape index (κ3) is 4.64. The number of carbonyl (C=O) groups is 2. The third-order valence-corrected chi connectivity index (χ3v) is 6.76. The lowest BCUT2D eigenvalue weighted by Gasteiger charge is -2.59. The van der Waals surface area contributed by atoms with Crippen LogP contribution in [0.25, 0.3) is 0 Å². The predicted octanol–water partition coefficient (Wildman–Crippen LogP) is 4.06. The van der Waals surface area contributed by atoms with E-state index >= 15 is 0 Å². The van der Waals surface area contributed by atoms with Crippen molar-refractivity contribution in [3.8, 4) is 0 Å². The van der Waals surface area contributed by atoms with Crippen molar-refractivity contribution in [3.63, 3.8) is 0 Å². The van der Waals surface area contributed by atoms with Gasteiger partial charge < -0.3 is 19.5 Å². The number of rotatable bonds is 6. The predicted molar refractivity (Wildman–Crippen MR) is 106 cm³/mol. The molecule has 0 aliphatic heterocycles. The molecule has 0 unspecified atom stereocenters. The number of carbonyl (C=O) groups excluding carboxylic acids is 2. The van der Waals surface area contributed by atoms with Crippen LogP contribution >= 0.6 is 0 Å². The van der Waals surface area contributed by atoms with Crippen molar-refractivity contribution in [1.82, 2.24) is 5.32 Å². The van der Waals surface area contributed by atoms with Crippen molar-refractivity contribution in [1.29, 1.82) is 0 Å². The lowest BCUT2D eigenvalue weighted by molar-refractivity contribution is -0.185. The Labute approximate surface area is 169 Å². The van der Waals surface area contributed by atoms with E-state index in [1.807, 2.05) is 6.92 Å². The summed E-state index contributed by atoms with van der Waals surface area (Å²) in [6.45, 7) is 8.89. The van der Waals surface area contributed by atoms with Crippen molar-refractivity contribution < 1.29 is 23.8 Å². The number of nitrogens with one attached hydrogen (secondary N) is 1. The number of hydrogen-bond donors (Lipinski definition) is 1. The zero-order valence-electron chi connectivity index (χ0n) is 18.2. The van der Waals surface area contributed by atoms with Gasteiger partial charge >= 0.3 is 12.1 Å². The van der Waals surface area contributed by atoms with E-state index in [2.05, 4.69) is 5.32 Å². The molecule has 4 fully saturated rings. The average molecular weight is 396 g/mol. The van der Waals surface area contributed by atoms with E-state index in [1.165, 1.54) is 38.5 Å². The highest BCUT2D eigenvalue weighted by molar-refractivity contribution is 5.81. The number of ether oxygens (including phenoxy) is 3. The summed E-state index contributed by atoms with van der Waals surface area (Å²) in [5, 5.41) is 2.56. The first kappa shape index (κ1) is 21.4. The molecule has 4 bridgehead atoms. The number of alkyl carbamates (subject to hydrolysis) is 1. The summed E-state index contributed by atoms with van der Waals surface area (Å²) in [5.74, 6) is 1.96. The lowest BCUT2D eigenvalue weighted by atomic mass is 9.47. The van der Waals surface area contributed by atoms with Crippen molar-refractivity contribution >= 4 is 12.1 Å². The monoisotopic (exact) mass is 395 g/mol. The van der Waals surface area contributed by atoms with Crippen molar-refractivity contribution in [3.05, 3.63) is 0 Å². The fourth-order valence-electron chi connectivity index (χ4n) is 6.36. The molecule has 0 aromatic heterocycles. The van der Waals surface area contributed by atoms with Gasteiger partial charge in [0.25, 0.3) is 0 Å². The van der Waals surface area contributed by atoms with E-state index in [0.717, 1.165) is 17.8 Å². The van der Waals surface area contributed by atoms with E-state index in [4.69, 9.17) is 14.2 Å². The van der Waals surface area contributed by atoms with E-state index in [1.54, 1.807) is 34.8 Å². The summed E-state index contributed by atoms with van der Waals surface area (Å²) in [7, 11) is 1.73. The Morgan fingerprint density at radius 2 is 1.50 bits per heavy atom. The molecule has 0 aromatic rings. The molecule has 28 heavy (non-hydrogen) atoms. The van der Waals surface area contributed by atoms with Gasteiger partial charge in [0.15, 0.2) is 0 Å². The standard InChI is InChI=1S/C22H37NO5/c1-13(23-20(25)28-21(3,4)5)19(24)27-14(2)18(26-6)22-10-15-7-16(11-22)9-17(8-15)12-22/h13-18H,7-12H2,1-6H3,(H,23,25)/t13-,14-,15?,16?,17?,18+,22?/m0/s1. The highest BCUT2D eigenvalue weighted by Crippen LogP contribution is 2.62. The van der Waals surface area contributed by atoms with Crippen molar-refractivity contribution in [2.24, 2.45) is 23.2 Å². The molecule has 0 aromatic carbocycles. The van der Waals surface area contributed by atoms with Crippen LogP contribution in [0, 0.1) is 23.2 Å². The molecular formula is C22H37NO5. The quantitative estimate of drug-likeness (QED) is 0.687. The third-order valence-electron chi connectivity index (χ3n) is 6.76. The second-order valence-electron chi connectivity index (χ2n) is 10.4. The van der Waals surface area contributed by atoms with Crippen LogP contribution in [0.3, 0.4) is 0 Å². The Hall–Kier alpha value is -1.30. The molecule has 4 rings (SSSR count). The summed E-state index contributed by atoms with van der Waals surface area (Å²) >= 11 is 0. The summed E-state index contributed by atoms with van der Waals surface area (Å²) in [6.07, 6.45) is 6.58. The van der Waals surface area contributed by atoms with Gasteiger partial charge in [-0.05, 0) is 90.9 Å². The minimum Gasteiger partial charge on any atom is -0.458 e. The van der Waals surface area contributed by atoms with Crippen LogP contribution in [0.15, 0.2) is 0 Å². The number of methoxy groups -OCH3 is 1. The maximum absolute atomic E-state index is 12.6. The van der Waals surface area contributed by atoms with Gasteiger partial charge in [-0.2, -0.15) is 0 Å². The van der Waals surface area contributed by atoms with E-state index in [-0.39, 0.29) is 17.6 Å². The van der Waals surface area contributed by atoms with E-state index < -0.39 is 23.7 Å². The Kier molecular flexibility index (Phi) is 6.00. The Morgan fingerprint density at radius 3 is 1.93 bits per heavy atom. The van der Waals surface area contributed by atoms with Gasteiger partial charge in [0.1, 0.15) is 17.7 Å². The highest BCUT2D eigenvalue weighted by Gasteiger charge is 2.56. The fraction of sp³-hybridized carbons (Fsp3) is 0.909. The van der Waals surface area contributed by atoms with Crippen LogP contribution in [-0.4, -0.2) is 43.0 Å². The largest absolute Gasteiger partial charge is 0.458 e. The molecule has 1 N–H and O–H groups in total. The minimum atomic E-state index is -0.772. The maximum atomic E-state index is 12.6. The van der Waals surface area contributed by atoms with Gasteiger partial charge in [0.05, 0.1) is 6.10 Å².